The largest absolute Gasteiger partial charge is 0.497 e. The molecule has 8 heteroatoms. The number of para-hydroxylation sites is 1. The second-order valence-electron chi connectivity index (χ2n) is 6.91. The molecule has 168 valence electrons. The zero-order valence-corrected chi connectivity index (χ0v) is 19.3. The van der Waals surface area contributed by atoms with E-state index in [4.69, 9.17) is 26.4 Å². The molecule has 0 saturated carbocycles. The van der Waals surface area contributed by atoms with Gasteiger partial charge in [0.25, 0.3) is 5.91 Å². The molecule has 0 atom stereocenters. The molecular weight excluding hydrogens is 461 g/mol. The zero-order valence-electron chi connectivity index (χ0n) is 17.7. The van der Waals surface area contributed by atoms with Crippen molar-refractivity contribution in [3.05, 3.63) is 89.1 Å². The Morgan fingerprint density at radius 2 is 1.70 bits per heavy atom. The summed E-state index contributed by atoms with van der Waals surface area (Å²) in [7, 11) is 1.60. The molecule has 1 saturated heterocycles. The van der Waals surface area contributed by atoms with Crippen molar-refractivity contribution >= 4 is 46.0 Å². The Kier molecular flexibility index (Phi) is 7.26. The number of hydrogen-bond acceptors (Lipinski definition) is 6. The summed E-state index contributed by atoms with van der Waals surface area (Å²) in [5.41, 5.74) is 1.28. The van der Waals surface area contributed by atoms with Gasteiger partial charge in [-0.3, -0.25) is 9.69 Å². The molecule has 0 aliphatic carbocycles. The molecule has 0 aromatic heterocycles. The first-order chi connectivity index (χ1) is 16.0. The number of amides is 1. The summed E-state index contributed by atoms with van der Waals surface area (Å²) in [6.07, 6.45) is 1.75. The number of nitrogens with zero attached hydrogens (tertiary/aromatic N) is 1. The Morgan fingerprint density at radius 3 is 2.48 bits per heavy atom. The maximum Gasteiger partial charge on any atom is 0.270 e. The average Bonchev–Trinajstić information content (AvgIpc) is 3.11. The van der Waals surface area contributed by atoms with Crippen molar-refractivity contribution in [3.63, 3.8) is 0 Å². The lowest BCUT2D eigenvalue weighted by Gasteiger charge is -2.14. The third-order valence-corrected chi connectivity index (χ3v) is 6.04. The van der Waals surface area contributed by atoms with E-state index in [-0.39, 0.29) is 11.7 Å². The lowest BCUT2D eigenvalue weighted by atomic mass is 10.2. The highest BCUT2D eigenvalue weighted by atomic mass is 32.2. The summed E-state index contributed by atoms with van der Waals surface area (Å²) < 4.78 is 30.5. The van der Waals surface area contributed by atoms with Crippen molar-refractivity contribution in [2.75, 3.05) is 25.2 Å². The molecule has 1 amide bonds. The van der Waals surface area contributed by atoms with E-state index in [1.165, 1.54) is 40.9 Å². The van der Waals surface area contributed by atoms with Gasteiger partial charge in [-0.15, -0.1) is 0 Å². The molecule has 0 bridgehead atoms. The van der Waals surface area contributed by atoms with Gasteiger partial charge in [0.2, 0.25) is 0 Å². The van der Waals surface area contributed by atoms with Gasteiger partial charge in [-0.1, -0.05) is 48.2 Å². The maximum atomic E-state index is 13.3. The van der Waals surface area contributed by atoms with Crippen LogP contribution in [-0.4, -0.2) is 30.6 Å². The fraction of sp³-hybridized carbons (Fsp3) is 0.120. The van der Waals surface area contributed by atoms with Gasteiger partial charge in [0.05, 0.1) is 17.7 Å². The summed E-state index contributed by atoms with van der Waals surface area (Å²) >= 11 is 6.58. The number of carbonyl (C=O) groups excluding carboxylic acids is 1. The molecule has 1 aliphatic heterocycles. The lowest BCUT2D eigenvalue weighted by molar-refractivity contribution is -0.113. The normalized spacial score (nSPS) is 14.6. The van der Waals surface area contributed by atoms with Gasteiger partial charge >= 0.3 is 0 Å². The molecule has 1 aliphatic rings. The smallest absolute Gasteiger partial charge is 0.270 e. The van der Waals surface area contributed by atoms with Gasteiger partial charge in [-0.05, 0) is 48.5 Å². The van der Waals surface area contributed by atoms with Crippen LogP contribution in [0.15, 0.2) is 77.7 Å². The molecule has 0 unspecified atom stereocenters. The van der Waals surface area contributed by atoms with E-state index in [1.807, 2.05) is 42.5 Å². The molecule has 0 spiro atoms. The van der Waals surface area contributed by atoms with Crippen molar-refractivity contribution in [2.24, 2.45) is 0 Å². The first kappa shape index (κ1) is 22.8. The molecular formula is C25H20FNO4S2. The first-order valence-electron chi connectivity index (χ1n) is 10.1. The lowest BCUT2D eigenvalue weighted by Crippen LogP contribution is -2.27. The van der Waals surface area contributed by atoms with Crippen LogP contribution < -0.4 is 19.1 Å². The van der Waals surface area contributed by atoms with E-state index in [2.05, 4.69) is 0 Å². The van der Waals surface area contributed by atoms with Crippen molar-refractivity contribution in [3.8, 4) is 17.2 Å². The highest BCUT2D eigenvalue weighted by Crippen LogP contribution is 2.37. The molecule has 0 radical (unpaired) electrons. The third-order valence-electron chi connectivity index (χ3n) is 4.73. The summed E-state index contributed by atoms with van der Waals surface area (Å²) in [6.45, 7) is 0.660. The van der Waals surface area contributed by atoms with Gasteiger partial charge in [-0.2, -0.15) is 0 Å². The fourth-order valence-electron chi connectivity index (χ4n) is 3.16. The highest BCUT2D eigenvalue weighted by Gasteiger charge is 2.33. The predicted molar refractivity (Wildman–Crippen MR) is 132 cm³/mol. The number of rotatable bonds is 8. The van der Waals surface area contributed by atoms with Gasteiger partial charge < -0.3 is 14.2 Å². The second kappa shape index (κ2) is 10.5. The van der Waals surface area contributed by atoms with E-state index < -0.39 is 0 Å². The van der Waals surface area contributed by atoms with Crippen LogP contribution in [0.25, 0.3) is 6.08 Å². The molecule has 1 fully saturated rings. The van der Waals surface area contributed by atoms with Crippen LogP contribution in [0.4, 0.5) is 10.1 Å². The maximum absolute atomic E-state index is 13.3. The number of halogens is 1. The molecule has 3 aromatic carbocycles. The molecule has 33 heavy (non-hydrogen) atoms. The van der Waals surface area contributed by atoms with Crippen molar-refractivity contribution in [2.45, 2.75) is 0 Å². The van der Waals surface area contributed by atoms with Crippen LogP contribution in [0, 0.1) is 5.82 Å². The predicted octanol–water partition coefficient (Wildman–Crippen LogP) is 5.70. The van der Waals surface area contributed by atoms with Crippen molar-refractivity contribution in [1.29, 1.82) is 0 Å². The molecule has 1 heterocycles. The van der Waals surface area contributed by atoms with Crippen LogP contribution in [0.1, 0.15) is 5.56 Å². The monoisotopic (exact) mass is 481 g/mol. The molecule has 5 nitrogen and oxygen atoms in total. The van der Waals surface area contributed by atoms with Crippen LogP contribution in [0.3, 0.4) is 0 Å². The molecule has 0 N–H and O–H groups in total. The van der Waals surface area contributed by atoms with E-state index in [1.54, 1.807) is 19.3 Å². The van der Waals surface area contributed by atoms with E-state index >= 15 is 0 Å². The topological polar surface area (TPSA) is 48.0 Å². The first-order valence-corrected chi connectivity index (χ1v) is 11.3. The van der Waals surface area contributed by atoms with Gasteiger partial charge in [-0.25, -0.2) is 4.39 Å². The van der Waals surface area contributed by atoms with Crippen LogP contribution in [0.2, 0.25) is 0 Å². The number of thiocarbonyl (C=S) groups is 1. The highest BCUT2D eigenvalue weighted by molar-refractivity contribution is 8.27. The minimum atomic E-state index is -0.374. The molecule has 3 aromatic rings. The zero-order chi connectivity index (χ0) is 23.2. The van der Waals surface area contributed by atoms with Crippen molar-refractivity contribution in [1.82, 2.24) is 0 Å². The minimum absolute atomic E-state index is 0.257. The number of carbonyl (C=O) groups is 1. The Labute approximate surface area is 200 Å². The van der Waals surface area contributed by atoms with E-state index in [0.717, 1.165) is 11.3 Å². The van der Waals surface area contributed by atoms with Gasteiger partial charge in [0.1, 0.15) is 36.3 Å². The average molecular weight is 482 g/mol. The minimum Gasteiger partial charge on any atom is -0.497 e. The Bertz CT molecular complexity index is 1200. The number of benzene rings is 3. The third kappa shape index (κ3) is 5.53. The fourth-order valence-corrected chi connectivity index (χ4v) is 4.44. The van der Waals surface area contributed by atoms with Gasteiger partial charge in [0.15, 0.2) is 4.32 Å². The number of anilines is 1. The SMILES string of the molecule is COc1cccc(OCCOc2ccccc2/C=C2\SC(=S)N(c3ccc(F)cc3)C2=O)c1. The summed E-state index contributed by atoms with van der Waals surface area (Å²) in [5, 5.41) is 0. The number of hydrogen-bond donors (Lipinski definition) is 0. The van der Waals surface area contributed by atoms with Crippen LogP contribution in [0.5, 0.6) is 17.2 Å². The summed E-state index contributed by atoms with van der Waals surface area (Å²) in [5.74, 6) is 1.40. The summed E-state index contributed by atoms with van der Waals surface area (Å²) in [6, 6.07) is 20.4. The number of ether oxygens (including phenoxy) is 3. The Balaban J connectivity index is 1.43. The quantitative estimate of drug-likeness (QED) is 0.234. The Morgan fingerprint density at radius 1 is 0.970 bits per heavy atom. The van der Waals surface area contributed by atoms with Crippen molar-refractivity contribution < 1.29 is 23.4 Å². The standard InChI is InChI=1S/C25H20FNO4S2/c1-29-20-6-4-7-21(16-20)30-13-14-31-22-8-3-2-5-17(22)15-23-24(28)27(25(32)33-23)19-11-9-18(26)10-12-19/h2-12,15-16H,13-14H2,1H3/b23-15-. The van der Waals surface area contributed by atoms with E-state index in [9.17, 15) is 9.18 Å². The number of thioether (sulfide) groups is 1. The van der Waals surface area contributed by atoms with Crippen LogP contribution >= 0.6 is 24.0 Å². The summed E-state index contributed by atoms with van der Waals surface area (Å²) in [4.78, 5) is 14.8. The van der Waals surface area contributed by atoms with Crippen LogP contribution in [-0.2, 0) is 4.79 Å². The van der Waals surface area contributed by atoms with Gasteiger partial charge in [0, 0.05) is 11.6 Å². The Hall–Kier alpha value is -3.36. The van der Waals surface area contributed by atoms with E-state index in [0.29, 0.717) is 39.6 Å². The number of methoxy groups -OCH3 is 1. The molecule has 4 rings (SSSR count). The second-order valence-corrected chi connectivity index (χ2v) is 8.58.